The van der Waals surface area contributed by atoms with Crippen LogP contribution in [-0.4, -0.2) is 23.8 Å². The highest BCUT2D eigenvalue weighted by Gasteiger charge is 2.30. The number of anilines is 1. The predicted octanol–water partition coefficient (Wildman–Crippen LogP) is 3.38. The van der Waals surface area contributed by atoms with Crippen LogP contribution in [0.3, 0.4) is 0 Å². The first-order valence-electron chi connectivity index (χ1n) is 7.78. The molecule has 3 atom stereocenters. The molecule has 1 N–H and O–H groups in total. The van der Waals surface area contributed by atoms with Crippen LogP contribution in [0.2, 0.25) is 0 Å². The topological polar surface area (TPSA) is 23.5 Å². The third kappa shape index (κ3) is 2.64. The molecule has 0 saturated heterocycles. The average Bonchev–Trinajstić information content (AvgIpc) is 2.58. The van der Waals surface area contributed by atoms with E-state index in [0.29, 0.717) is 12.0 Å². The average molecular weight is 259 g/mol. The second-order valence-electron chi connectivity index (χ2n) is 6.30. The third-order valence-corrected chi connectivity index (χ3v) is 4.90. The number of rotatable bonds is 2. The van der Waals surface area contributed by atoms with Gasteiger partial charge < -0.3 is 10.0 Å². The summed E-state index contributed by atoms with van der Waals surface area (Å²) >= 11 is 0. The minimum absolute atomic E-state index is 0.0949. The van der Waals surface area contributed by atoms with E-state index in [1.165, 1.54) is 36.9 Å². The Balaban J connectivity index is 1.75. The first-order chi connectivity index (χ1) is 9.25. The van der Waals surface area contributed by atoms with Crippen LogP contribution in [0.5, 0.6) is 0 Å². The number of benzene rings is 1. The van der Waals surface area contributed by atoms with Gasteiger partial charge in [0.15, 0.2) is 0 Å². The molecule has 1 aliphatic heterocycles. The number of para-hydroxylation sites is 1. The van der Waals surface area contributed by atoms with Gasteiger partial charge in [0.1, 0.15) is 0 Å². The van der Waals surface area contributed by atoms with Crippen LogP contribution in [0.15, 0.2) is 24.3 Å². The van der Waals surface area contributed by atoms with Crippen molar-refractivity contribution in [3.8, 4) is 0 Å². The molecule has 0 spiro atoms. The van der Waals surface area contributed by atoms with E-state index in [2.05, 4.69) is 36.1 Å². The van der Waals surface area contributed by atoms with Crippen LogP contribution in [-0.2, 0) is 6.42 Å². The maximum atomic E-state index is 10.3. The summed E-state index contributed by atoms with van der Waals surface area (Å²) in [6, 6.07) is 9.33. The highest BCUT2D eigenvalue weighted by molar-refractivity contribution is 5.59. The summed E-state index contributed by atoms with van der Waals surface area (Å²) in [5, 5.41) is 10.3. The van der Waals surface area contributed by atoms with Crippen LogP contribution >= 0.6 is 0 Å². The van der Waals surface area contributed by atoms with Gasteiger partial charge in [-0.1, -0.05) is 37.5 Å². The molecule has 3 rings (SSSR count). The SMILES string of the molecule is CC1Cc2ccccc2N1CC1CCCCCC1O. The molecule has 3 unspecified atom stereocenters. The van der Waals surface area contributed by atoms with Crippen molar-refractivity contribution >= 4 is 5.69 Å². The van der Waals surface area contributed by atoms with Crippen LogP contribution in [0.1, 0.15) is 44.6 Å². The van der Waals surface area contributed by atoms with Crippen molar-refractivity contribution in [1.29, 1.82) is 0 Å². The Labute approximate surface area is 116 Å². The van der Waals surface area contributed by atoms with E-state index in [0.717, 1.165) is 19.4 Å². The summed E-state index contributed by atoms with van der Waals surface area (Å²) in [6.07, 6.45) is 7.01. The third-order valence-electron chi connectivity index (χ3n) is 4.90. The van der Waals surface area contributed by atoms with Gasteiger partial charge in [0, 0.05) is 24.2 Å². The largest absolute Gasteiger partial charge is 0.393 e. The van der Waals surface area contributed by atoms with Crippen molar-refractivity contribution in [2.45, 2.75) is 57.6 Å². The first kappa shape index (κ1) is 13.0. The highest BCUT2D eigenvalue weighted by atomic mass is 16.3. The lowest BCUT2D eigenvalue weighted by molar-refractivity contribution is 0.103. The summed E-state index contributed by atoms with van der Waals surface area (Å²) in [5.41, 5.74) is 2.87. The molecular formula is C17H25NO. The van der Waals surface area contributed by atoms with Crippen molar-refractivity contribution in [3.63, 3.8) is 0 Å². The fourth-order valence-corrected chi connectivity index (χ4v) is 3.74. The van der Waals surface area contributed by atoms with Crippen LogP contribution in [0, 0.1) is 5.92 Å². The minimum atomic E-state index is -0.0949. The summed E-state index contributed by atoms with van der Waals surface area (Å²) in [5.74, 6) is 0.455. The second kappa shape index (κ2) is 5.54. The van der Waals surface area contributed by atoms with E-state index < -0.39 is 0 Å². The zero-order valence-corrected chi connectivity index (χ0v) is 11.9. The molecule has 1 fully saturated rings. The molecule has 1 aromatic carbocycles. The normalized spacial score (nSPS) is 31.1. The van der Waals surface area contributed by atoms with E-state index in [9.17, 15) is 5.11 Å². The van der Waals surface area contributed by atoms with E-state index in [4.69, 9.17) is 0 Å². The van der Waals surface area contributed by atoms with Crippen molar-refractivity contribution in [2.75, 3.05) is 11.4 Å². The Hall–Kier alpha value is -1.02. The molecule has 1 saturated carbocycles. The predicted molar refractivity (Wildman–Crippen MR) is 79.5 cm³/mol. The number of aliphatic hydroxyl groups is 1. The van der Waals surface area contributed by atoms with Crippen LogP contribution in [0.4, 0.5) is 5.69 Å². The molecule has 1 aliphatic carbocycles. The van der Waals surface area contributed by atoms with Gasteiger partial charge in [0.25, 0.3) is 0 Å². The zero-order chi connectivity index (χ0) is 13.2. The summed E-state index contributed by atoms with van der Waals surface area (Å²) in [7, 11) is 0. The van der Waals surface area contributed by atoms with E-state index in [1.807, 2.05) is 0 Å². The Bertz CT molecular complexity index is 431. The van der Waals surface area contributed by atoms with E-state index >= 15 is 0 Å². The highest BCUT2D eigenvalue weighted by Crippen LogP contribution is 2.34. The fraction of sp³-hybridized carbons (Fsp3) is 0.647. The maximum absolute atomic E-state index is 10.3. The summed E-state index contributed by atoms with van der Waals surface area (Å²) in [4.78, 5) is 2.52. The number of aliphatic hydroxyl groups excluding tert-OH is 1. The molecule has 2 aliphatic rings. The van der Waals surface area contributed by atoms with Crippen LogP contribution < -0.4 is 4.90 Å². The fourth-order valence-electron chi connectivity index (χ4n) is 3.74. The quantitative estimate of drug-likeness (QED) is 0.823. The molecule has 1 heterocycles. The number of hydrogen-bond donors (Lipinski definition) is 1. The standard InChI is InChI=1S/C17H25NO/c1-13-11-14-7-5-6-9-16(14)18(13)12-15-8-3-2-4-10-17(15)19/h5-7,9,13,15,17,19H,2-4,8,10-12H2,1H3. The number of hydrogen-bond acceptors (Lipinski definition) is 2. The van der Waals surface area contributed by atoms with Gasteiger partial charge in [-0.3, -0.25) is 0 Å². The molecule has 0 amide bonds. The van der Waals surface area contributed by atoms with Crippen LogP contribution in [0.25, 0.3) is 0 Å². The van der Waals surface area contributed by atoms with Crippen molar-refractivity contribution < 1.29 is 5.11 Å². The molecule has 0 aromatic heterocycles. The lowest BCUT2D eigenvalue weighted by Crippen LogP contribution is -2.38. The first-order valence-corrected chi connectivity index (χ1v) is 7.78. The van der Waals surface area contributed by atoms with Crippen molar-refractivity contribution in [2.24, 2.45) is 5.92 Å². The zero-order valence-electron chi connectivity index (χ0n) is 11.9. The molecule has 1 aromatic rings. The lowest BCUT2D eigenvalue weighted by atomic mass is 9.96. The Kier molecular flexibility index (Phi) is 3.79. The number of nitrogens with zero attached hydrogens (tertiary/aromatic N) is 1. The van der Waals surface area contributed by atoms with Gasteiger partial charge in [0.2, 0.25) is 0 Å². The summed E-state index contributed by atoms with van der Waals surface area (Å²) < 4.78 is 0. The minimum Gasteiger partial charge on any atom is -0.393 e. The summed E-state index contributed by atoms with van der Waals surface area (Å²) in [6.45, 7) is 3.34. The van der Waals surface area contributed by atoms with Gasteiger partial charge in [0.05, 0.1) is 6.10 Å². The Morgan fingerprint density at radius 2 is 1.95 bits per heavy atom. The molecule has 0 radical (unpaired) electrons. The molecule has 2 nitrogen and oxygen atoms in total. The van der Waals surface area contributed by atoms with Gasteiger partial charge in [-0.15, -0.1) is 0 Å². The van der Waals surface area contributed by atoms with E-state index in [1.54, 1.807) is 0 Å². The molecule has 0 bridgehead atoms. The second-order valence-corrected chi connectivity index (χ2v) is 6.30. The molecular weight excluding hydrogens is 234 g/mol. The van der Waals surface area contributed by atoms with Gasteiger partial charge in [-0.05, 0) is 37.8 Å². The number of fused-ring (bicyclic) bond motifs is 1. The monoisotopic (exact) mass is 259 g/mol. The Morgan fingerprint density at radius 1 is 1.16 bits per heavy atom. The van der Waals surface area contributed by atoms with E-state index in [-0.39, 0.29) is 6.10 Å². The van der Waals surface area contributed by atoms with Crippen molar-refractivity contribution in [1.82, 2.24) is 0 Å². The van der Waals surface area contributed by atoms with Gasteiger partial charge >= 0.3 is 0 Å². The lowest BCUT2D eigenvalue weighted by Gasteiger charge is -2.31. The van der Waals surface area contributed by atoms with Gasteiger partial charge in [-0.25, -0.2) is 0 Å². The van der Waals surface area contributed by atoms with Gasteiger partial charge in [-0.2, -0.15) is 0 Å². The molecule has 2 heteroatoms. The smallest absolute Gasteiger partial charge is 0.0585 e. The molecule has 19 heavy (non-hydrogen) atoms. The maximum Gasteiger partial charge on any atom is 0.0585 e. The van der Waals surface area contributed by atoms with Crippen molar-refractivity contribution in [3.05, 3.63) is 29.8 Å². The Morgan fingerprint density at radius 3 is 2.84 bits per heavy atom. The molecule has 104 valence electrons.